The van der Waals surface area contributed by atoms with E-state index in [0.29, 0.717) is 10.9 Å². The van der Waals surface area contributed by atoms with Gasteiger partial charge >= 0.3 is 0 Å². The van der Waals surface area contributed by atoms with Crippen LogP contribution in [0.15, 0.2) is 83.9 Å². The predicted molar refractivity (Wildman–Crippen MR) is 145 cm³/mol. The quantitative estimate of drug-likeness (QED) is 0.259. The molecule has 12 heteroatoms. The van der Waals surface area contributed by atoms with Gasteiger partial charge in [-0.2, -0.15) is 9.78 Å². The van der Waals surface area contributed by atoms with Crippen molar-refractivity contribution in [1.29, 1.82) is 0 Å². The molecule has 4 aromatic heterocycles. The molecule has 1 aromatic carbocycles. The Hall–Kier alpha value is -4.61. The molecule has 39 heavy (non-hydrogen) atoms. The summed E-state index contributed by atoms with van der Waals surface area (Å²) in [6.45, 7) is -0.0766. The van der Waals surface area contributed by atoms with E-state index >= 15 is 0 Å². The number of rotatable bonds is 8. The molecule has 5 aromatic rings. The second-order valence-corrected chi connectivity index (χ2v) is 10.2. The fourth-order valence-electron chi connectivity index (χ4n) is 3.82. The lowest BCUT2D eigenvalue weighted by Crippen LogP contribution is -2.24. The van der Waals surface area contributed by atoms with Crippen molar-refractivity contribution >= 4 is 40.4 Å². The van der Waals surface area contributed by atoms with Gasteiger partial charge in [-0.3, -0.25) is 19.4 Å². The topological polar surface area (TPSA) is 119 Å². The van der Waals surface area contributed by atoms with Crippen molar-refractivity contribution in [2.45, 2.75) is 13.1 Å². The van der Waals surface area contributed by atoms with Gasteiger partial charge in [-0.15, -0.1) is 11.3 Å². The highest BCUT2D eigenvalue weighted by atomic mass is 35.5. The maximum Gasteiger partial charge on any atom is 0.293 e. The number of pyridine rings is 2. The van der Waals surface area contributed by atoms with Gasteiger partial charge < -0.3 is 15.0 Å². The number of benzene rings is 1. The van der Waals surface area contributed by atoms with Crippen molar-refractivity contribution in [3.05, 3.63) is 116 Å². The van der Waals surface area contributed by atoms with Crippen molar-refractivity contribution in [3.63, 3.8) is 0 Å². The number of thiophene rings is 1. The summed E-state index contributed by atoms with van der Waals surface area (Å²) in [4.78, 5) is 43.4. The normalized spacial score (nSPS) is 10.9. The number of hydrogen-bond donors (Lipinski definition) is 2. The zero-order chi connectivity index (χ0) is 27.5. The Morgan fingerprint density at radius 1 is 1.08 bits per heavy atom. The van der Waals surface area contributed by atoms with E-state index < -0.39 is 28.8 Å². The van der Waals surface area contributed by atoms with Crippen LogP contribution >= 0.6 is 22.9 Å². The van der Waals surface area contributed by atoms with E-state index in [0.717, 1.165) is 14.1 Å². The number of carbonyl (C=O) groups is 2. The molecule has 2 N–H and O–H groups in total. The Bertz CT molecular complexity index is 1750. The third kappa shape index (κ3) is 5.64. The molecule has 0 radical (unpaired) electrons. The molecule has 0 atom stereocenters. The molecule has 0 bridgehead atoms. The number of ketones is 1. The van der Waals surface area contributed by atoms with E-state index in [1.807, 2.05) is 6.07 Å². The van der Waals surface area contributed by atoms with Crippen LogP contribution in [0.25, 0.3) is 11.3 Å². The second-order valence-electron chi connectivity index (χ2n) is 8.36. The van der Waals surface area contributed by atoms with Crippen molar-refractivity contribution in [2.75, 3.05) is 5.32 Å². The molecule has 0 unspecified atom stereocenters. The zero-order valence-corrected chi connectivity index (χ0v) is 21.6. The highest BCUT2D eigenvalue weighted by Gasteiger charge is 2.21. The summed E-state index contributed by atoms with van der Waals surface area (Å²) in [5.41, 5.74) is -0.362. The molecule has 0 amide bonds. The van der Waals surface area contributed by atoms with E-state index in [1.165, 1.54) is 66.2 Å². The van der Waals surface area contributed by atoms with Crippen LogP contribution in [-0.4, -0.2) is 36.1 Å². The monoisotopic (exact) mass is 563 g/mol. The lowest BCUT2D eigenvalue weighted by Gasteiger charge is -2.08. The smallest absolute Gasteiger partial charge is 0.293 e. The van der Waals surface area contributed by atoms with Crippen LogP contribution in [0.5, 0.6) is 5.75 Å². The number of anilines is 1. The number of halogens is 2. The lowest BCUT2D eigenvalue weighted by molar-refractivity contribution is 0.0941. The van der Waals surface area contributed by atoms with Crippen molar-refractivity contribution < 1.29 is 19.1 Å². The average molecular weight is 564 g/mol. The van der Waals surface area contributed by atoms with Crippen LogP contribution in [0.2, 0.25) is 4.34 Å². The fraction of sp³-hybridized carbons (Fsp3) is 0.0741. The first-order chi connectivity index (χ1) is 18.8. The summed E-state index contributed by atoms with van der Waals surface area (Å²) in [6.07, 6.45) is 2.81. The van der Waals surface area contributed by atoms with Gasteiger partial charge in [-0.1, -0.05) is 29.8 Å². The number of aromatic hydroxyl groups is 1. The predicted octanol–water partition coefficient (Wildman–Crippen LogP) is 4.85. The lowest BCUT2D eigenvalue weighted by atomic mass is 10.2. The molecular formula is C27H19ClFN5O4S. The number of nitrogens with one attached hydrogen (secondary N) is 1. The van der Waals surface area contributed by atoms with E-state index in [-0.39, 0.29) is 34.9 Å². The second kappa shape index (κ2) is 11.0. The minimum Gasteiger partial charge on any atom is -0.503 e. The minimum atomic E-state index is -0.780. The van der Waals surface area contributed by atoms with Gasteiger partial charge in [-0.25, -0.2) is 4.39 Å². The number of carbonyl (C=O) groups excluding carboxylic acids is 2. The molecule has 0 saturated heterocycles. The fourth-order valence-corrected chi connectivity index (χ4v) is 4.84. The van der Waals surface area contributed by atoms with Crippen molar-refractivity contribution in [3.8, 4) is 17.0 Å². The van der Waals surface area contributed by atoms with Crippen molar-refractivity contribution in [2.24, 2.45) is 0 Å². The number of nitrogens with zero attached hydrogens (tertiary/aromatic N) is 4. The van der Waals surface area contributed by atoms with E-state index in [1.54, 1.807) is 18.2 Å². The SMILES string of the molecule is O=C(Cn1cc(-c2cc(NCc3ccc(Cl)s3)n(C(=O)c3ccccc3F)n2)cc(O)c1=O)c1ccccn1. The third-order valence-corrected chi connectivity index (χ3v) is 6.94. The summed E-state index contributed by atoms with van der Waals surface area (Å²) in [6, 6.07) is 16.6. The first-order valence-electron chi connectivity index (χ1n) is 11.6. The van der Waals surface area contributed by atoms with Crippen LogP contribution in [-0.2, 0) is 13.1 Å². The number of aromatic nitrogens is 4. The first-order valence-corrected chi connectivity index (χ1v) is 12.7. The highest BCUT2D eigenvalue weighted by molar-refractivity contribution is 7.16. The Labute approximate surface area is 229 Å². The van der Waals surface area contributed by atoms with Gasteiger partial charge in [0.05, 0.1) is 28.7 Å². The maximum atomic E-state index is 14.4. The summed E-state index contributed by atoms with van der Waals surface area (Å²) in [5, 5.41) is 17.8. The number of Topliss-reactive ketones (excluding diaryl/α,β-unsaturated/α-hetero) is 1. The standard InChI is InChI=1S/C27H19ClFN5O4S/c28-24-9-8-17(39-24)13-31-25-12-21(32-34(25)26(37)18-5-1-2-6-19(18)29)16-11-22(35)27(38)33(14-16)15-23(36)20-7-3-4-10-30-20/h1-12,14,31,35H,13,15H2. The molecule has 0 fully saturated rings. The molecule has 0 aliphatic rings. The Balaban J connectivity index is 1.53. The van der Waals surface area contributed by atoms with E-state index in [4.69, 9.17) is 11.6 Å². The third-order valence-electron chi connectivity index (χ3n) is 5.71. The van der Waals surface area contributed by atoms with Gasteiger partial charge in [0.25, 0.3) is 11.5 Å². The van der Waals surface area contributed by atoms with Crippen LogP contribution in [0.1, 0.15) is 25.7 Å². The molecule has 0 spiro atoms. The summed E-state index contributed by atoms with van der Waals surface area (Å²) >= 11 is 7.37. The Kier molecular flexibility index (Phi) is 7.35. The van der Waals surface area contributed by atoms with E-state index in [9.17, 15) is 23.9 Å². The van der Waals surface area contributed by atoms with Crippen LogP contribution < -0.4 is 10.9 Å². The largest absolute Gasteiger partial charge is 0.503 e. The van der Waals surface area contributed by atoms with Gasteiger partial charge in [-0.05, 0) is 42.5 Å². The zero-order valence-electron chi connectivity index (χ0n) is 20.0. The van der Waals surface area contributed by atoms with Gasteiger partial charge in [0, 0.05) is 28.9 Å². The molecule has 9 nitrogen and oxygen atoms in total. The molecular weight excluding hydrogens is 545 g/mol. The Morgan fingerprint density at radius 3 is 2.59 bits per heavy atom. The van der Waals surface area contributed by atoms with Gasteiger partial charge in [0.2, 0.25) is 5.78 Å². The number of hydrogen-bond acceptors (Lipinski definition) is 8. The molecule has 5 rings (SSSR count). The van der Waals surface area contributed by atoms with Gasteiger partial charge in [0.1, 0.15) is 17.3 Å². The summed E-state index contributed by atoms with van der Waals surface area (Å²) in [7, 11) is 0. The van der Waals surface area contributed by atoms with Crippen LogP contribution in [0.4, 0.5) is 10.2 Å². The minimum absolute atomic E-state index is 0.161. The highest BCUT2D eigenvalue weighted by Crippen LogP contribution is 2.27. The Morgan fingerprint density at radius 2 is 1.87 bits per heavy atom. The average Bonchev–Trinajstić information content (AvgIpc) is 3.56. The van der Waals surface area contributed by atoms with Crippen LogP contribution in [0, 0.1) is 5.82 Å². The molecule has 196 valence electrons. The molecule has 0 aliphatic heterocycles. The van der Waals surface area contributed by atoms with E-state index in [2.05, 4.69) is 15.4 Å². The molecule has 0 aliphatic carbocycles. The first kappa shape index (κ1) is 26.0. The summed E-state index contributed by atoms with van der Waals surface area (Å²) in [5.74, 6) is -2.25. The molecule has 4 heterocycles. The summed E-state index contributed by atoms with van der Waals surface area (Å²) < 4.78 is 17.1. The van der Waals surface area contributed by atoms with Crippen molar-refractivity contribution in [1.82, 2.24) is 19.3 Å². The van der Waals surface area contributed by atoms with Crippen LogP contribution in [0.3, 0.4) is 0 Å². The molecule has 0 saturated carbocycles. The van der Waals surface area contributed by atoms with Gasteiger partial charge in [0.15, 0.2) is 5.75 Å². The maximum absolute atomic E-state index is 14.4.